The smallest absolute Gasteiger partial charge is 0.425 e. The molecule has 0 bridgehead atoms. The van der Waals surface area contributed by atoms with Gasteiger partial charge in [0, 0.05) is 12.8 Å². The predicted octanol–water partition coefficient (Wildman–Crippen LogP) is 7.51. The van der Waals surface area contributed by atoms with Crippen LogP contribution in [-0.4, -0.2) is 52.8 Å². The summed E-state index contributed by atoms with van der Waals surface area (Å²) < 4.78 is 63.4. The number of hydrogen-bond donors (Lipinski definition) is 2. The first-order valence-electron chi connectivity index (χ1n) is 15.6. The van der Waals surface area contributed by atoms with Gasteiger partial charge in [-0.3, -0.25) is 4.55 Å². The molecule has 2 N–H and O–H groups in total. The molecule has 0 atom stereocenters. The fourth-order valence-electron chi connectivity index (χ4n) is 5.07. The van der Waals surface area contributed by atoms with Crippen molar-refractivity contribution in [3.63, 3.8) is 0 Å². The van der Waals surface area contributed by atoms with Crippen LogP contribution in [0.15, 0.2) is 92.1 Å². The summed E-state index contributed by atoms with van der Waals surface area (Å²) in [6, 6.07) is 19.3. The fourth-order valence-corrected chi connectivity index (χ4v) is 5.94. The number of aryl methyl sites for hydroxylation is 4. The molecule has 0 aliphatic rings. The highest BCUT2D eigenvalue weighted by Crippen LogP contribution is 2.31. The molecule has 18 heteroatoms. The van der Waals surface area contributed by atoms with Crippen molar-refractivity contribution in [1.29, 1.82) is 0 Å². The summed E-state index contributed by atoms with van der Waals surface area (Å²) in [4.78, 5) is 13.1. The summed E-state index contributed by atoms with van der Waals surface area (Å²) in [6.07, 6.45) is 0.857. The second kappa shape index (κ2) is 17.9. The Labute approximate surface area is 312 Å². The van der Waals surface area contributed by atoms with Crippen molar-refractivity contribution in [3.05, 3.63) is 123 Å². The van der Waals surface area contributed by atoms with E-state index in [1.165, 1.54) is 19.2 Å². The van der Waals surface area contributed by atoms with Crippen molar-refractivity contribution in [2.24, 2.45) is 20.5 Å². The molecule has 0 saturated heterocycles. The van der Waals surface area contributed by atoms with Crippen molar-refractivity contribution < 1.29 is 35.4 Å². The summed E-state index contributed by atoms with van der Waals surface area (Å²) in [5.41, 5.74) is 8.79. The molecule has 0 amide bonds. The van der Waals surface area contributed by atoms with E-state index >= 15 is 0 Å². The molecular weight excluding hydrogens is 746 g/mol. The second-order valence-electron chi connectivity index (χ2n) is 11.7. The van der Waals surface area contributed by atoms with E-state index in [4.69, 9.17) is 33.9 Å². The maximum atomic E-state index is 11.7. The zero-order valence-corrected chi connectivity index (χ0v) is 31.5. The van der Waals surface area contributed by atoms with E-state index in [0.717, 1.165) is 44.6 Å². The van der Waals surface area contributed by atoms with Crippen LogP contribution in [0, 0.1) is 27.7 Å². The number of rotatable bonds is 11. The van der Waals surface area contributed by atoms with Crippen molar-refractivity contribution in [2.45, 2.75) is 52.0 Å². The van der Waals surface area contributed by atoms with E-state index in [0.29, 0.717) is 35.9 Å². The van der Waals surface area contributed by atoms with E-state index in [1.54, 1.807) is 6.07 Å². The number of aliphatic hydroxyl groups excluding tert-OH is 1. The lowest BCUT2D eigenvalue weighted by Crippen LogP contribution is -2.07. The first-order valence-corrected chi connectivity index (χ1v) is 18.4. The number of benzene rings is 4. The quantitative estimate of drug-likeness (QED) is 0.0985. The Morgan fingerprint density at radius 2 is 1.17 bits per heavy atom. The Morgan fingerprint density at radius 1 is 0.698 bits per heavy atom. The molecule has 1 heterocycles. The van der Waals surface area contributed by atoms with Crippen LogP contribution in [-0.2, 0) is 40.2 Å². The van der Waals surface area contributed by atoms with E-state index in [9.17, 15) is 18.1 Å². The first-order chi connectivity index (χ1) is 25.1. The van der Waals surface area contributed by atoms with Gasteiger partial charge in [0.2, 0.25) is 5.28 Å². The van der Waals surface area contributed by atoms with Crippen molar-refractivity contribution in [1.82, 2.24) is 15.0 Å². The molecule has 1 aromatic heterocycles. The average molecular weight is 780 g/mol. The average Bonchev–Trinajstić information content (AvgIpc) is 3.09. The van der Waals surface area contributed by atoms with Gasteiger partial charge in [0.25, 0.3) is 10.1 Å². The molecule has 0 radical (unpaired) electrons. The van der Waals surface area contributed by atoms with Crippen molar-refractivity contribution >= 4 is 55.1 Å². The first kappa shape index (κ1) is 40.4. The lowest BCUT2D eigenvalue weighted by atomic mass is 10.0. The lowest BCUT2D eigenvalue weighted by Gasteiger charge is -2.11. The number of azo groups is 2. The topological polar surface area (TPSA) is 223 Å². The van der Waals surface area contributed by atoms with Crippen LogP contribution in [0.1, 0.15) is 50.6 Å². The van der Waals surface area contributed by atoms with E-state index in [2.05, 4.69) is 30.4 Å². The number of aromatic nitrogens is 3. The molecule has 0 saturated carbocycles. The standard InChI is InChI=1S/C35H34ClN7O5S.O3S/c1-20-14-29(42-40-27-8-6-24(19-44)7-9-27)22(3)12-25(20)16-33-37-34(39-35(36)38-33)17-26-13-23(4)30(15-21(26)2)43-41-28-10-11-31(48-5)32(18-28)49(45,46)47;1-4(2)3/h6-15,18,44H,16-17,19H2,1-5H3,(H,45,46,47);. The molecule has 5 aromatic rings. The maximum absolute atomic E-state index is 11.7. The van der Waals surface area contributed by atoms with E-state index < -0.39 is 25.6 Å². The van der Waals surface area contributed by atoms with E-state index in [1.807, 2.05) is 76.2 Å². The minimum atomic E-state index is -4.51. The predicted molar refractivity (Wildman–Crippen MR) is 196 cm³/mol. The second-order valence-corrected chi connectivity index (χ2v) is 13.8. The van der Waals surface area contributed by atoms with Crippen LogP contribution in [0.5, 0.6) is 5.75 Å². The summed E-state index contributed by atoms with van der Waals surface area (Å²) in [5, 5.41) is 26.6. The Bertz CT molecular complexity index is 2420. The Kier molecular flexibility index (Phi) is 13.7. The van der Waals surface area contributed by atoms with Crippen LogP contribution in [0.2, 0.25) is 5.28 Å². The van der Waals surface area contributed by atoms with Gasteiger partial charge in [-0.2, -0.15) is 28.9 Å². The van der Waals surface area contributed by atoms with Crippen LogP contribution in [0.4, 0.5) is 22.7 Å². The number of methoxy groups -OCH3 is 1. The normalized spacial score (nSPS) is 11.5. The third kappa shape index (κ3) is 11.6. The van der Waals surface area contributed by atoms with Gasteiger partial charge in [-0.25, -0.2) is 15.0 Å². The largest absolute Gasteiger partial charge is 0.495 e. The summed E-state index contributed by atoms with van der Waals surface area (Å²) in [7, 11) is -6.31. The molecule has 53 heavy (non-hydrogen) atoms. The maximum Gasteiger partial charge on any atom is 0.425 e. The molecule has 0 unspecified atom stereocenters. The van der Waals surface area contributed by atoms with Gasteiger partial charge in [0.1, 0.15) is 22.3 Å². The minimum absolute atomic E-state index is 0.00352. The number of halogens is 1. The molecule has 15 nitrogen and oxygen atoms in total. The Morgan fingerprint density at radius 3 is 1.62 bits per heavy atom. The molecule has 4 aromatic carbocycles. The van der Waals surface area contributed by atoms with Crippen LogP contribution in [0.25, 0.3) is 0 Å². The van der Waals surface area contributed by atoms with Gasteiger partial charge >= 0.3 is 10.6 Å². The highest BCUT2D eigenvalue weighted by molar-refractivity contribution is 7.86. The zero-order chi connectivity index (χ0) is 38.9. The number of nitrogens with zero attached hydrogens (tertiary/aromatic N) is 7. The van der Waals surface area contributed by atoms with Crippen LogP contribution < -0.4 is 4.74 Å². The van der Waals surface area contributed by atoms with Gasteiger partial charge in [-0.05, 0) is 121 Å². The lowest BCUT2D eigenvalue weighted by molar-refractivity contribution is 0.282. The molecule has 0 fully saturated rings. The van der Waals surface area contributed by atoms with Crippen molar-refractivity contribution in [3.8, 4) is 5.75 Å². The molecule has 0 spiro atoms. The van der Waals surface area contributed by atoms with Gasteiger partial charge in [-0.1, -0.05) is 24.3 Å². The fraction of sp³-hybridized carbons (Fsp3) is 0.229. The molecule has 0 aliphatic carbocycles. The Hall–Kier alpha value is -5.33. The Balaban J connectivity index is 0.00000149. The van der Waals surface area contributed by atoms with Crippen LogP contribution in [0.3, 0.4) is 0 Å². The molecule has 276 valence electrons. The number of hydrogen-bond acceptors (Lipinski definition) is 14. The SMILES string of the molecule is COc1ccc(N=Nc2cc(C)c(Cc3nc(Cl)nc(Cc4cc(C)c(N=Nc5ccc(CO)cc5)cc4C)n3)cc2C)cc1S(=O)(=O)O.O=S(=O)=O. The molecule has 0 aliphatic heterocycles. The molecule has 5 rings (SSSR count). The monoisotopic (exact) mass is 779 g/mol. The van der Waals surface area contributed by atoms with Crippen molar-refractivity contribution in [2.75, 3.05) is 7.11 Å². The third-order valence-electron chi connectivity index (χ3n) is 7.80. The van der Waals surface area contributed by atoms with Gasteiger partial charge in [-0.15, -0.1) is 12.6 Å². The summed E-state index contributed by atoms with van der Waals surface area (Å²) in [5.74, 6) is 1.07. The van der Waals surface area contributed by atoms with Gasteiger partial charge in [0.05, 0.1) is 36.5 Å². The van der Waals surface area contributed by atoms with Gasteiger partial charge in [0.15, 0.2) is 0 Å². The van der Waals surface area contributed by atoms with Gasteiger partial charge < -0.3 is 9.84 Å². The highest BCUT2D eigenvalue weighted by Gasteiger charge is 2.17. The number of aliphatic hydroxyl groups is 1. The summed E-state index contributed by atoms with van der Waals surface area (Å²) in [6.45, 7) is 7.78. The third-order valence-corrected chi connectivity index (χ3v) is 8.84. The number of ether oxygens (including phenoxy) is 1. The zero-order valence-electron chi connectivity index (χ0n) is 29.1. The minimum Gasteiger partial charge on any atom is -0.495 e. The van der Waals surface area contributed by atoms with Crippen LogP contribution >= 0.6 is 11.6 Å². The summed E-state index contributed by atoms with van der Waals surface area (Å²) >= 11 is 6.36. The van der Waals surface area contributed by atoms with E-state index in [-0.39, 0.29) is 23.3 Å². The molecular formula is C35H34ClN7O8S2. The highest BCUT2D eigenvalue weighted by atomic mass is 35.5.